The van der Waals surface area contributed by atoms with E-state index in [2.05, 4.69) is 53.2 Å². The maximum absolute atomic E-state index is 13.9. The molecule has 3 aliphatic heterocycles. The van der Waals surface area contributed by atoms with E-state index < -0.39 is 0 Å². The van der Waals surface area contributed by atoms with Gasteiger partial charge in [-0.15, -0.1) is 0 Å². The van der Waals surface area contributed by atoms with E-state index in [1.165, 1.54) is 75.0 Å². The Balaban J connectivity index is 1.29. The van der Waals surface area contributed by atoms with Crippen LogP contribution in [-0.2, 0) is 16.6 Å². The van der Waals surface area contributed by atoms with Gasteiger partial charge in [0, 0.05) is 12.5 Å². The van der Waals surface area contributed by atoms with Crippen LogP contribution in [0.25, 0.3) is 0 Å². The number of ketones is 1. The van der Waals surface area contributed by atoms with Crippen LogP contribution in [0.15, 0.2) is 42.5 Å². The average molecular weight is 574 g/mol. The molecule has 5 rings (SSSR count). The predicted octanol–water partition coefficient (Wildman–Crippen LogP) is 6.62. The van der Waals surface area contributed by atoms with Crippen LogP contribution in [0.2, 0.25) is 0 Å². The molecule has 2 unspecified atom stereocenters. The Morgan fingerprint density at radius 3 is 2.50 bits per heavy atom. The van der Waals surface area contributed by atoms with Gasteiger partial charge in [-0.2, -0.15) is 0 Å². The number of piperidine rings is 2. The molecule has 42 heavy (non-hydrogen) atoms. The first-order chi connectivity index (χ1) is 20.3. The Bertz CT molecular complexity index is 1170. The maximum atomic E-state index is 13.9. The number of carbonyl (C=O) groups excluding carboxylic acids is 1. The van der Waals surface area contributed by atoms with Crippen LogP contribution in [0.3, 0.4) is 0 Å². The zero-order valence-corrected chi connectivity index (χ0v) is 26.8. The highest BCUT2D eigenvalue weighted by Crippen LogP contribution is 2.41. The average Bonchev–Trinajstić information content (AvgIpc) is 3.22. The van der Waals surface area contributed by atoms with Crippen LogP contribution >= 0.6 is 0 Å². The Kier molecular flexibility index (Phi) is 10.8. The molecule has 1 N–H and O–H groups in total. The van der Waals surface area contributed by atoms with E-state index in [4.69, 9.17) is 4.74 Å². The maximum Gasteiger partial charge on any atom is 0.154 e. The Morgan fingerprint density at radius 1 is 0.976 bits per heavy atom. The molecule has 0 amide bonds. The van der Waals surface area contributed by atoms with E-state index in [0.29, 0.717) is 12.2 Å². The highest BCUT2D eigenvalue weighted by Gasteiger charge is 2.39. The summed E-state index contributed by atoms with van der Waals surface area (Å²) in [5.41, 5.74) is 5.18. The number of carbonyl (C=O) groups is 1. The Labute approximate surface area is 255 Å². The largest absolute Gasteiger partial charge is 0.491 e. The lowest BCUT2D eigenvalue weighted by Gasteiger charge is -2.42. The van der Waals surface area contributed by atoms with E-state index in [1.54, 1.807) is 0 Å². The number of hydrogen-bond donors (Lipinski definition) is 1. The Hall–Kier alpha value is -2.21. The molecule has 5 heteroatoms. The minimum Gasteiger partial charge on any atom is -0.491 e. The highest BCUT2D eigenvalue weighted by molar-refractivity contribution is 5.86. The summed E-state index contributed by atoms with van der Waals surface area (Å²) in [5.74, 6) is 1.15. The summed E-state index contributed by atoms with van der Waals surface area (Å²) < 4.78 is 5.91. The summed E-state index contributed by atoms with van der Waals surface area (Å²) in [7, 11) is 0. The van der Waals surface area contributed by atoms with Crippen molar-refractivity contribution in [3.8, 4) is 5.75 Å². The lowest BCUT2D eigenvalue weighted by Crippen LogP contribution is -2.48. The topological polar surface area (TPSA) is 44.8 Å². The summed E-state index contributed by atoms with van der Waals surface area (Å²) in [4.78, 5) is 19.4. The van der Waals surface area contributed by atoms with E-state index in [9.17, 15) is 4.79 Å². The van der Waals surface area contributed by atoms with Gasteiger partial charge in [0.25, 0.3) is 0 Å². The van der Waals surface area contributed by atoms with E-state index in [0.717, 1.165) is 56.1 Å². The fraction of sp³-hybridized carbons (Fsp3) is 0.649. The van der Waals surface area contributed by atoms with Crippen molar-refractivity contribution in [2.45, 2.75) is 116 Å². The minimum atomic E-state index is -0.131. The van der Waals surface area contributed by atoms with Gasteiger partial charge in [0.15, 0.2) is 5.78 Å². The standard InChI is InChI=1S/C37H55N3O2/c1-28(2)42-34-11-8-10-31(25-34)26-36(41)35-27-37(16-9-18-38-35,32-13-12-29(3)30(4)24-32)17-23-39-21-14-33(15-22-39)40-19-6-5-7-20-40/h8,10-13,24-25,28,33,35,38H,5-7,9,14-23,26-27H2,1-4H3. The van der Waals surface area contributed by atoms with Crippen LogP contribution < -0.4 is 10.1 Å². The summed E-state index contributed by atoms with van der Waals surface area (Å²) >= 11 is 0. The summed E-state index contributed by atoms with van der Waals surface area (Å²) in [6.07, 6.45) is 11.6. The van der Waals surface area contributed by atoms with Crippen LogP contribution in [0.4, 0.5) is 0 Å². The van der Waals surface area contributed by atoms with Gasteiger partial charge < -0.3 is 19.9 Å². The highest BCUT2D eigenvalue weighted by atomic mass is 16.5. The zero-order valence-electron chi connectivity index (χ0n) is 26.8. The first-order valence-electron chi connectivity index (χ1n) is 16.9. The molecule has 3 aliphatic rings. The second-order valence-electron chi connectivity index (χ2n) is 13.8. The number of nitrogens with one attached hydrogen (secondary N) is 1. The summed E-state index contributed by atoms with van der Waals surface area (Å²) in [5, 5.41) is 3.68. The molecule has 0 aromatic heterocycles. The molecular weight excluding hydrogens is 518 g/mol. The zero-order chi connectivity index (χ0) is 29.5. The van der Waals surface area contributed by atoms with Gasteiger partial charge >= 0.3 is 0 Å². The smallest absolute Gasteiger partial charge is 0.154 e. The second kappa shape index (κ2) is 14.5. The van der Waals surface area contributed by atoms with Gasteiger partial charge in [0.05, 0.1) is 12.1 Å². The molecular formula is C37H55N3O2. The molecule has 2 aromatic rings. The van der Waals surface area contributed by atoms with Crippen LogP contribution in [0.1, 0.15) is 93.9 Å². The van der Waals surface area contributed by atoms with Crippen molar-refractivity contribution in [3.63, 3.8) is 0 Å². The molecule has 0 spiro atoms. The van der Waals surface area contributed by atoms with E-state index >= 15 is 0 Å². The first kappa shape index (κ1) is 31.2. The fourth-order valence-electron chi connectivity index (χ4n) is 7.69. The molecule has 230 valence electrons. The molecule has 2 atom stereocenters. The predicted molar refractivity (Wildman–Crippen MR) is 174 cm³/mol. The van der Waals surface area contributed by atoms with Gasteiger partial charge in [0.1, 0.15) is 5.75 Å². The van der Waals surface area contributed by atoms with Crippen molar-refractivity contribution in [3.05, 3.63) is 64.7 Å². The molecule has 0 aliphatic carbocycles. The molecule has 0 radical (unpaired) electrons. The van der Waals surface area contributed by atoms with Gasteiger partial charge in [-0.1, -0.05) is 36.8 Å². The number of ether oxygens (including phenoxy) is 1. The molecule has 5 nitrogen and oxygen atoms in total. The monoisotopic (exact) mass is 573 g/mol. The third kappa shape index (κ3) is 8.03. The number of hydrogen-bond acceptors (Lipinski definition) is 5. The molecule has 3 heterocycles. The minimum absolute atomic E-state index is 0.00854. The number of benzene rings is 2. The van der Waals surface area contributed by atoms with Crippen molar-refractivity contribution >= 4 is 5.78 Å². The van der Waals surface area contributed by atoms with Crippen molar-refractivity contribution in [2.24, 2.45) is 0 Å². The summed E-state index contributed by atoms with van der Waals surface area (Å²) in [6.45, 7) is 15.6. The van der Waals surface area contributed by atoms with E-state index in [-0.39, 0.29) is 17.6 Å². The number of aryl methyl sites for hydroxylation is 2. The quantitative estimate of drug-likeness (QED) is 0.346. The first-order valence-corrected chi connectivity index (χ1v) is 16.9. The van der Waals surface area contributed by atoms with Crippen molar-refractivity contribution in [1.29, 1.82) is 0 Å². The van der Waals surface area contributed by atoms with Crippen LogP contribution in [0.5, 0.6) is 5.75 Å². The van der Waals surface area contributed by atoms with Gasteiger partial charge in [0.2, 0.25) is 0 Å². The van der Waals surface area contributed by atoms with Gasteiger partial charge in [-0.25, -0.2) is 0 Å². The van der Waals surface area contributed by atoms with Crippen molar-refractivity contribution in [2.75, 3.05) is 39.3 Å². The third-order valence-corrected chi connectivity index (χ3v) is 10.3. The number of rotatable bonds is 10. The number of nitrogens with zero attached hydrogens (tertiary/aromatic N) is 2. The van der Waals surface area contributed by atoms with Crippen LogP contribution in [-0.4, -0.2) is 73.0 Å². The third-order valence-electron chi connectivity index (χ3n) is 10.3. The lowest BCUT2D eigenvalue weighted by atomic mass is 9.69. The van der Waals surface area contributed by atoms with Crippen LogP contribution in [0, 0.1) is 13.8 Å². The molecule has 0 bridgehead atoms. The van der Waals surface area contributed by atoms with E-state index in [1.807, 2.05) is 32.0 Å². The van der Waals surface area contributed by atoms with Gasteiger partial charge in [-0.05, 0) is 158 Å². The Morgan fingerprint density at radius 2 is 1.76 bits per heavy atom. The summed E-state index contributed by atoms with van der Waals surface area (Å²) in [6, 6.07) is 15.8. The molecule has 3 fully saturated rings. The SMILES string of the molecule is Cc1ccc(C2(CCN3CCC(N4CCCCC4)CC3)CCCNC(C(=O)Cc3cccc(OC(C)C)c3)C2)cc1C. The van der Waals surface area contributed by atoms with Crippen molar-refractivity contribution in [1.82, 2.24) is 15.1 Å². The fourth-order valence-corrected chi connectivity index (χ4v) is 7.69. The molecule has 2 aromatic carbocycles. The lowest BCUT2D eigenvalue weighted by molar-refractivity contribution is -0.120. The molecule has 3 saturated heterocycles. The normalized spacial score (nSPS) is 24.9. The van der Waals surface area contributed by atoms with Gasteiger partial charge in [-0.3, -0.25) is 4.79 Å². The number of Topliss-reactive ketones (excluding diaryl/α,β-unsaturated/α-hetero) is 1. The number of likely N-dealkylation sites (tertiary alicyclic amines) is 2. The van der Waals surface area contributed by atoms with Crippen molar-refractivity contribution < 1.29 is 9.53 Å². The second-order valence-corrected chi connectivity index (χ2v) is 13.8. The molecule has 0 saturated carbocycles.